The molecule has 160 valence electrons. The summed E-state index contributed by atoms with van der Waals surface area (Å²) in [5, 5.41) is 7.63. The molecule has 1 saturated heterocycles. The van der Waals surface area contributed by atoms with E-state index in [2.05, 4.69) is 21.8 Å². The first-order chi connectivity index (χ1) is 15.5. The van der Waals surface area contributed by atoms with Gasteiger partial charge in [-0.15, -0.1) is 0 Å². The summed E-state index contributed by atoms with van der Waals surface area (Å²) >= 11 is 12.4. The van der Waals surface area contributed by atoms with Crippen LogP contribution in [0.4, 0.5) is 0 Å². The van der Waals surface area contributed by atoms with Crippen LogP contribution in [-0.4, -0.2) is 27.6 Å². The van der Waals surface area contributed by atoms with Gasteiger partial charge in [0, 0.05) is 39.3 Å². The molecule has 1 aromatic heterocycles. The van der Waals surface area contributed by atoms with Gasteiger partial charge in [-0.25, -0.2) is 0 Å². The second-order valence-electron chi connectivity index (χ2n) is 8.70. The van der Waals surface area contributed by atoms with Gasteiger partial charge in [-0.3, -0.25) is 9.59 Å². The fourth-order valence-corrected chi connectivity index (χ4v) is 5.93. The normalized spacial score (nSPS) is 26.2. The minimum atomic E-state index is -0.247. The van der Waals surface area contributed by atoms with E-state index >= 15 is 0 Å². The molecule has 4 atom stereocenters. The Balaban J connectivity index is 1.32. The van der Waals surface area contributed by atoms with Gasteiger partial charge in [-0.2, -0.15) is 10.1 Å². The topological polar surface area (TPSA) is 54.7 Å². The number of allylic oxidation sites excluding steroid dienone is 2. The zero-order valence-electron chi connectivity index (χ0n) is 17.0. The van der Waals surface area contributed by atoms with Gasteiger partial charge < -0.3 is 4.57 Å². The Morgan fingerprint density at radius 3 is 2.44 bits per heavy atom. The van der Waals surface area contributed by atoms with Gasteiger partial charge in [0.15, 0.2) is 0 Å². The van der Waals surface area contributed by atoms with Crippen LogP contribution in [0, 0.1) is 23.7 Å². The van der Waals surface area contributed by atoms with E-state index in [0.29, 0.717) is 16.6 Å². The maximum atomic E-state index is 12.9. The Kier molecular flexibility index (Phi) is 4.52. The standard InChI is InChI=1S/C25H19Cl2N3O2/c26-18-8-7-16(20(27)10-18)12-29-13-17(19-3-1-2-4-21(19)29)11-28-30-24(31)22-14-5-6-15(9-14)23(22)25(30)32/h1-8,10-11,13-15,22-23H,9,12H2/b28-11-/t14-,15+,22-,23+. The van der Waals surface area contributed by atoms with Crippen molar-refractivity contribution < 1.29 is 9.59 Å². The lowest BCUT2D eigenvalue weighted by molar-refractivity contribution is -0.140. The highest BCUT2D eigenvalue weighted by Gasteiger charge is 2.59. The summed E-state index contributed by atoms with van der Waals surface area (Å²) in [5.74, 6) is -0.499. The molecule has 2 bridgehead atoms. The zero-order valence-corrected chi connectivity index (χ0v) is 18.5. The maximum Gasteiger partial charge on any atom is 0.254 e. The summed E-state index contributed by atoms with van der Waals surface area (Å²) in [5.41, 5.74) is 2.80. The Hall–Kier alpha value is -2.89. The number of carbonyl (C=O) groups excluding carboxylic acids is 2. The summed E-state index contributed by atoms with van der Waals surface area (Å²) in [4.78, 5) is 25.8. The van der Waals surface area contributed by atoms with Crippen molar-refractivity contribution in [2.75, 3.05) is 0 Å². The van der Waals surface area contributed by atoms with E-state index in [4.69, 9.17) is 23.2 Å². The molecule has 2 aromatic carbocycles. The quantitative estimate of drug-likeness (QED) is 0.305. The van der Waals surface area contributed by atoms with Gasteiger partial charge in [-0.05, 0) is 42.0 Å². The smallest absolute Gasteiger partial charge is 0.254 e. The third-order valence-corrected chi connectivity index (χ3v) is 7.52. The molecule has 3 aliphatic rings. The minimum absolute atomic E-state index is 0.174. The number of carbonyl (C=O) groups is 2. The van der Waals surface area contributed by atoms with Crippen molar-refractivity contribution in [3.8, 4) is 0 Å². The molecule has 7 heteroatoms. The van der Waals surface area contributed by atoms with Crippen LogP contribution in [0.2, 0.25) is 10.0 Å². The number of hydrogen-bond acceptors (Lipinski definition) is 3. The van der Waals surface area contributed by atoms with Crippen molar-refractivity contribution >= 4 is 52.1 Å². The number of halogens is 2. The maximum absolute atomic E-state index is 12.9. The second kappa shape index (κ2) is 7.32. The average molecular weight is 464 g/mol. The lowest BCUT2D eigenvalue weighted by Gasteiger charge is -2.13. The Labute approximate surface area is 194 Å². The van der Waals surface area contributed by atoms with Crippen molar-refractivity contribution in [3.05, 3.63) is 82.0 Å². The van der Waals surface area contributed by atoms with Crippen LogP contribution in [0.1, 0.15) is 17.5 Å². The molecule has 0 spiro atoms. The van der Waals surface area contributed by atoms with Gasteiger partial charge in [0.05, 0.1) is 18.1 Å². The van der Waals surface area contributed by atoms with Crippen LogP contribution in [-0.2, 0) is 16.1 Å². The van der Waals surface area contributed by atoms with E-state index in [1.165, 1.54) is 0 Å². The average Bonchev–Trinajstić information content (AvgIpc) is 3.53. The van der Waals surface area contributed by atoms with E-state index in [-0.39, 0.29) is 35.5 Å². The molecule has 32 heavy (non-hydrogen) atoms. The van der Waals surface area contributed by atoms with E-state index in [1.807, 2.05) is 42.6 Å². The van der Waals surface area contributed by atoms with Gasteiger partial charge >= 0.3 is 0 Å². The predicted octanol–water partition coefficient (Wildman–Crippen LogP) is 5.14. The number of fused-ring (bicyclic) bond motifs is 6. The number of benzene rings is 2. The fraction of sp³-hybridized carbons (Fsp3) is 0.240. The van der Waals surface area contributed by atoms with Crippen molar-refractivity contribution in [3.63, 3.8) is 0 Å². The molecule has 2 fully saturated rings. The molecule has 5 nitrogen and oxygen atoms in total. The lowest BCUT2D eigenvalue weighted by atomic mass is 9.85. The third-order valence-electron chi connectivity index (χ3n) is 6.93. The number of imide groups is 1. The van der Waals surface area contributed by atoms with E-state index in [1.54, 1.807) is 12.3 Å². The number of hydrazone groups is 1. The third kappa shape index (κ3) is 2.95. The summed E-state index contributed by atoms with van der Waals surface area (Å²) in [6.45, 7) is 0.561. The summed E-state index contributed by atoms with van der Waals surface area (Å²) < 4.78 is 2.08. The van der Waals surface area contributed by atoms with Crippen LogP contribution in [0.25, 0.3) is 10.9 Å². The first kappa shape index (κ1) is 19.8. The Bertz CT molecular complexity index is 1310. The number of aromatic nitrogens is 1. The van der Waals surface area contributed by atoms with Crippen LogP contribution >= 0.6 is 23.2 Å². The van der Waals surface area contributed by atoms with Crippen molar-refractivity contribution in [1.29, 1.82) is 0 Å². The van der Waals surface area contributed by atoms with Crippen LogP contribution in [0.5, 0.6) is 0 Å². The number of para-hydroxylation sites is 1. The number of hydrogen-bond donors (Lipinski definition) is 0. The molecule has 0 N–H and O–H groups in total. The SMILES string of the molecule is O=C1[C@@H]2[C@H](C(=O)N1/N=C\c1cn(Cc3ccc(Cl)cc3Cl)c3ccccc13)[C@@H]1C=C[C@H]2C1. The molecule has 0 unspecified atom stereocenters. The lowest BCUT2D eigenvalue weighted by Crippen LogP contribution is -2.28. The molecule has 3 aromatic rings. The van der Waals surface area contributed by atoms with Gasteiger partial charge in [0.2, 0.25) is 0 Å². The minimum Gasteiger partial charge on any atom is -0.342 e. The number of amides is 2. The summed E-state index contributed by atoms with van der Waals surface area (Å²) in [6.07, 6.45) is 8.66. The summed E-state index contributed by atoms with van der Waals surface area (Å²) in [7, 11) is 0. The second-order valence-corrected chi connectivity index (χ2v) is 9.54. The fourth-order valence-electron chi connectivity index (χ4n) is 5.46. The molecule has 0 radical (unpaired) electrons. The molecule has 2 heterocycles. The zero-order chi connectivity index (χ0) is 22.0. The van der Waals surface area contributed by atoms with Crippen LogP contribution < -0.4 is 0 Å². The Morgan fingerprint density at radius 2 is 1.72 bits per heavy atom. The highest BCUT2D eigenvalue weighted by atomic mass is 35.5. The predicted molar refractivity (Wildman–Crippen MR) is 125 cm³/mol. The molecule has 6 rings (SSSR count). The highest BCUT2D eigenvalue weighted by Crippen LogP contribution is 2.52. The molecular weight excluding hydrogens is 445 g/mol. The number of nitrogens with zero attached hydrogens (tertiary/aromatic N) is 3. The van der Waals surface area contributed by atoms with Gasteiger partial charge in [0.1, 0.15) is 0 Å². The highest BCUT2D eigenvalue weighted by molar-refractivity contribution is 6.35. The van der Waals surface area contributed by atoms with Crippen LogP contribution in [0.15, 0.2) is 65.9 Å². The number of rotatable bonds is 4. The summed E-state index contributed by atoms with van der Waals surface area (Å²) in [6, 6.07) is 13.4. The van der Waals surface area contributed by atoms with Gasteiger partial charge in [0.25, 0.3) is 11.8 Å². The molecular formula is C25H19Cl2N3O2. The molecule has 1 aliphatic heterocycles. The molecule has 1 saturated carbocycles. The first-order valence-corrected chi connectivity index (χ1v) is 11.4. The van der Waals surface area contributed by atoms with E-state index < -0.39 is 0 Å². The van der Waals surface area contributed by atoms with Gasteiger partial charge in [-0.1, -0.05) is 59.6 Å². The van der Waals surface area contributed by atoms with Crippen molar-refractivity contribution in [2.45, 2.75) is 13.0 Å². The van der Waals surface area contributed by atoms with E-state index in [9.17, 15) is 9.59 Å². The monoisotopic (exact) mass is 463 g/mol. The largest absolute Gasteiger partial charge is 0.342 e. The molecule has 2 amide bonds. The molecule has 2 aliphatic carbocycles. The van der Waals surface area contributed by atoms with Crippen molar-refractivity contribution in [1.82, 2.24) is 9.58 Å². The van der Waals surface area contributed by atoms with Crippen molar-refractivity contribution in [2.24, 2.45) is 28.8 Å². The Morgan fingerprint density at radius 1 is 1.00 bits per heavy atom. The first-order valence-electron chi connectivity index (χ1n) is 10.6. The van der Waals surface area contributed by atoms with E-state index in [0.717, 1.165) is 33.5 Å². The van der Waals surface area contributed by atoms with Crippen LogP contribution in [0.3, 0.4) is 0 Å².